The van der Waals surface area contributed by atoms with Gasteiger partial charge in [0.05, 0.1) is 12.8 Å². The molecule has 0 fully saturated rings. The van der Waals surface area contributed by atoms with E-state index < -0.39 is 0 Å². The summed E-state index contributed by atoms with van der Waals surface area (Å²) in [6.45, 7) is 3.64. The zero-order valence-electron chi connectivity index (χ0n) is 11.7. The highest BCUT2D eigenvalue weighted by Gasteiger charge is 2.12. The summed E-state index contributed by atoms with van der Waals surface area (Å²) in [6, 6.07) is 6.58. The van der Waals surface area contributed by atoms with Crippen molar-refractivity contribution in [2.45, 2.75) is 19.9 Å². The third-order valence-electron chi connectivity index (χ3n) is 3.16. The van der Waals surface area contributed by atoms with E-state index in [-0.39, 0.29) is 11.5 Å². The van der Waals surface area contributed by atoms with Gasteiger partial charge in [0, 0.05) is 34.6 Å². The van der Waals surface area contributed by atoms with Crippen LogP contribution in [0.25, 0.3) is 5.69 Å². The molecule has 0 aliphatic rings. The molecular formula is C15H17ClN2O2. The molecule has 4 nitrogen and oxygen atoms in total. The van der Waals surface area contributed by atoms with Crippen LogP contribution >= 0.6 is 11.6 Å². The SMILES string of the molecule is COc1ccc(Cl)cc1-n1cc(C(C)N)c(=O)cc1C. The van der Waals surface area contributed by atoms with Gasteiger partial charge in [-0.2, -0.15) is 0 Å². The standard InChI is InChI=1S/C15H17ClN2O2/c1-9-6-14(19)12(10(2)17)8-18(9)13-7-11(16)4-5-15(13)20-3/h4-8,10H,17H2,1-3H3. The van der Waals surface area contributed by atoms with Gasteiger partial charge in [0.25, 0.3) is 0 Å². The van der Waals surface area contributed by atoms with Crippen molar-refractivity contribution in [2.75, 3.05) is 7.11 Å². The number of benzene rings is 1. The molecule has 1 atom stereocenters. The fraction of sp³-hybridized carbons (Fsp3) is 0.267. The van der Waals surface area contributed by atoms with E-state index in [1.807, 2.05) is 11.5 Å². The summed E-state index contributed by atoms with van der Waals surface area (Å²) in [5, 5.41) is 0.598. The largest absolute Gasteiger partial charge is 0.495 e. The van der Waals surface area contributed by atoms with E-state index in [2.05, 4.69) is 0 Å². The predicted molar refractivity (Wildman–Crippen MR) is 80.9 cm³/mol. The minimum absolute atomic E-state index is 0.0604. The van der Waals surface area contributed by atoms with Crippen LogP contribution in [0.5, 0.6) is 5.75 Å². The summed E-state index contributed by atoms with van der Waals surface area (Å²) in [6.07, 6.45) is 1.75. The van der Waals surface area contributed by atoms with Crippen LogP contribution in [-0.2, 0) is 0 Å². The van der Waals surface area contributed by atoms with Gasteiger partial charge in [0.1, 0.15) is 5.75 Å². The van der Waals surface area contributed by atoms with Gasteiger partial charge in [-0.1, -0.05) is 11.6 Å². The van der Waals surface area contributed by atoms with Gasteiger partial charge in [0.15, 0.2) is 5.43 Å². The van der Waals surface area contributed by atoms with Crippen LogP contribution in [0.3, 0.4) is 0 Å². The highest BCUT2D eigenvalue weighted by Crippen LogP contribution is 2.27. The van der Waals surface area contributed by atoms with Crippen LogP contribution < -0.4 is 15.9 Å². The molecule has 2 N–H and O–H groups in total. The van der Waals surface area contributed by atoms with E-state index in [4.69, 9.17) is 22.1 Å². The number of nitrogens with zero attached hydrogens (tertiary/aromatic N) is 1. The first-order valence-electron chi connectivity index (χ1n) is 6.26. The zero-order chi connectivity index (χ0) is 14.9. The van der Waals surface area contributed by atoms with Gasteiger partial charge in [-0.3, -0.25) is 4.79 Å². The number of nitrogens with two attached hydrogens (primary N) is 1. The first-order valence-corrected chi connectivity index (χ1v) is 6.64. The normalized spacial score (nSPS) is 12.2. The average Bonchev–Trinajstić information content (AvgIpc) is 2.38. The van der Waals surface area contributed by atoms with Crippen molar-refractivity contribution in [1.29, 1.82) is 0 Å². The van der Waals surface area contributed by atoms with Crippen molar-refractivity contribution in [2.24, 2.45) is 5.73 Å². The third-order valence-corrected chi connectivity index (χ3v) is 3.40. The molecule has 5 heteroatoms. The lowest BCUT2D eigenvalue weighted by molar-refractivity contribution is 0.412. The van der Waals surface area contributed by atoms with Crippen molar-refractivity contribution < 1.29 is 4.74 Å². The van der Waals surface area contributed by atoms with Crippen LogP contribution in [0.2, 0.25) is 5.02 Å². The molecule has 0 bridgehead atoms. The Morgan fingerprint density at radius 1 is 1.35 bits per heavy atom. The van der Waals surface area contributed by atoms with Crippen molar-refractivity contribution >= 4 is 11.6 Å². The fourth-order valence-electron chi connectivity index (χ4n) is 2.10. The van der Waals surface area contributed by atoms with E-state index in [1.165, 1.54) is 0 Å². The van der Waals surface area contributed by atoms with Gasteiger partial charge < -0.3 is 15.0 Å². The predicted octanol–water partition coefficient (Wildman–Crippen LogP) is 2.83. The van der Waals surface area contributed by atoms with Crippen LogP contribution in [0.1, 0.15) is 24.2 Å². The van der Waals surface area contributed by atoms with Crippen molar-refractivity contribution in [3.8, 4) is 11.4 Å². The van der Waals surface area contributed by atoms with Gasteiger partial charge in [-0.15, -0.1) is 0 Å². The first-order chi connectivity index (χ1) is 9.43. The van der Waals surface area contributed by atoms with Crippen molar-refractivity contribution in [3.05, 3.63) is 57.0 Å². The van der Waals surface area contributed by atoms with E-state index in [1.54, 1.807) is 44.5 Å². The molecule has 1 aromatic heterocycles. The Morgan fingerprint density at radius 3 is 2.65 bits per heavy atom. The molecule has 1 aromatic carbocycles. The van der Waals surface area contributed by atoms with Crippen molar-refractivity contribution in [3.63, 3.8) is 0 Å². The van der Waals surface area contributed by atoms with Crippen molar-refractivity contribution in [1.82, 2.24) is 4.57 Å². The number of hydrogen-bond acceptors (Lipinski definition) is 3. The van der Waals surface area contributed by atoms with E-state index >= 15 is 0 Å². The van der Waals surface area contributed by atoms with Crippen LogP contribution in [0, 0.1) is 6.92 Å². The second-order valence-corrected chi connectivity index (χ2v) is 5.15. The maximum Gasteiger partial charge on any atom is 0.186 e. The van der Waals surface area contributed by atoms with Gasteiger partial charge in [-0.25, -0.2) is 0 Å². The van der Waals surface area contributed by atoms with Crippen LogP contribution in [0.4, 0.5) is 0 Å². The number of methoxy groups -OCH3 is 1. The molecule has 2 aromatic rings. The molecule has 2 rings (SSSR count). The number of pyridine rings is 1. The molecule has 0 spiro atoms. The summed E-state index contributed by atoms with van der Waals surface area (Å²) in [5.74, 6) is 0.678. The molecule has 0 aliphatic heterocycles. The van der Waals surface area contributed by atoms with Crippen LogP contribution in [-0.4, -0.2) is 11.7 Å². The molecule has 1 heterocycles. The summed E-state index contributed by atoms with van der Waals surface area (Å²) >= 11 is 6.05. The number of ether oxygens (including phenoxy) is 1. The maximum atomic E-state index is 11.9. The quantitative estimate of drug-likeness (QED) is 0.946. The Morgan fingerprint density at radius 2 is 2.05 bits per heavy atom. The smallest absolute Gasteiger partial charge is 0.186 e. The van der Waals surface area contributed by atoms with Gasteiger partial charge >= 0.3 is 0 Å². The number of rotatable bonds is 3. The number of aromatic nitrogens is 1. The minimum Gasteiger partial charge on any atom is -0.495 e. The Hall–Kier alpha value is -1.78. The number of hydrogen-bond donors (Lipinski definition) is 1. The molecule has 0 saturated carbocycles. The van der Waals surface area contributed by atoms with E-state index in [0.717, 1.165) is 11.4 Å². The molecular weight excluding hydrogens is 276 g/mol. The Balaban J connectivity index is 2.72. The lowest BCUT2D eigenvalue weighted by Gasteiger charge is -2.17. The molecule has 20 heavy (non-hydrogen) atoms. The molecule has 0 amide bonds. The zero-order valence-corrected chi connectivity index (χ0v) is 12.4. The summed E-state index contributed by atoms with van der Waals surface area (Å²) < 4.78 is 7.22. The monoisotopic (exact) mass is 292 g/mol. The Bertz CT molecular complexity index is 693. The van der Waals surface area contributed by atoms with E-state index in [0.29, 0.717) is 16.3 Å². The second-order valence-electron chi connectivity index (χ2n) is 4.71. The van der Waals surface area contributed by atoms with Gasteiger partial charge in [-0.05, 0) is 32.0 Å². The Labute approximate surface area is 122 Å². The summed E-state index contributed by atoms with van der Waals surface area (Å²) in [5.41, 5.74) is 7.90. The molecule has 1 unspecified atom stereocenters. The fourth-order valence-corrected chi connectivity index (χ4v) is 2.27. The highest BCUT2D eigenvalue weighted by molar-refractivity contribution is 6.30. The highest BCUT2D eigenvalue weighted by atomic mass is 35.5. The summed E-state index contributed by atoms with van der Waals surface area (Å²) in [7, 11) is 1.59. The van der Waals surface area contributed by atoms with Gasteiger partial charge in [0.2, 0.25) is 0 Å². The topological polar surface area (TPSA) is 57.2 Å². The summed E-state index contributed by atoms with van der Waals surface area (Å²) in [4.78, 5) is 11.9. The third kappa shape index (κ3) is 2.71. The molecule has 0 aliphatic carbocycles. The molecule has 0 radical (unpaired) electrons. The minimum atomic E-state index is -0.334. The van der Waals surface area contributed by atoms with Crippen LogP contribution in [0.15, 0.2) is 35.3 Å². The number of halogens is 1. The first kappa shape index (κ1) is 14.6. The lowest BCUT2D eigenvalue weighted by atomic mass is 10.1. The lowest BCUT2D eigenvalue weighted by Crippen LogP contribution is -2.20. The molecule has 106 valence electrons. The Kier molecular flexibility index (Phi) is 4.16. The molecule has 0 saturated heterocycles. The number of aryl methyl sites for hydroxylation is 1. The average molecular weight is 293 g/mol. The maximum absolute atomic E-state index is 11.9. The second kappa shape index (κ2) is 5.69. The van der Waals surface area contributed by atoms with E-state index in [9.17, 15) is 4.79 Å².